The highest BCUT2D eigenvalue weighted by molar-refractivity contribution is 7.20. The number of piperazine rings is 1. The van der Waals surface area contributed by atoms with Crippen molar-refractivity contribution in [1.82, 2.24) is 19.4 Å². The average Bonchev–Trinajstić information content (AvgIpc) is 3.23. The van der Waals surface area contributed by atoms with Crippen LogP contribution in [0.15, 0.2) is 35.4 Å². The van der Waals surface area contributed by atoms with Crippen LogP contribution in [0.25, 0.3) is 10.2 Å². The fourth-order valence-electron chi connectivity index (χ4n) is 4.94. The van der Waals surface area contributed by atoms with Crippen LogP contribution in [-0.4, -0.2) is 83.1 Å². The van der Waals surface area contributed by atoms with E-state index in [1.807, 2.05) is 4.90 Å². The second-order valence-corrected chi connectivity index (χ2v) is 10.5. The summed E-state index contributed by atoms with van der Waals surface area (Å²) in [6.45, 7) is 9.94. The Kier molecular flexibility index (Phi) is 6.81. The van der Waals surface area contributed by atoms with Crippen LogP contribution in [0, 0.1) is 13.8 Å². The second-order valence-electron chi connectivity index (χ2n) is 9.54. The van der Waals surface area contributed by atoms with Gasteiger partial charge in [-0.15, -0.1) is 11.3 Å². The maximum Gasteiger partial charge on any atom is 0.264 e. The largest absolute Gasteiger partial charge is 0.378 e. The third-order valence-electron chi connectivity index (χ3n) is 7.06. The summed E-state index contributed by atoms with van der Waals surface area (Å²) in [5.41, 5.74) is 2.74. The van der Waals surface area contributed by atoms with E-state index in [0.29, 0.717) is 60.1 Å². The Labute approximate surface area is 213 Å². The predicted octanol–water partition coefficient (Wildman–Crippen LogP) is 2.28. The summed E-state index contributed by atoms with van der Waals surface area (Å²) in [5.74, 6) is -0.201. The van der Waals surface area contributed by atoms with Crippen LogP contribution in [0.4, 0.5) is 5.69 Å². The molecule has 2 aliphatic rings. The molecule has 0 unspecified atom stereocenters. The number of morpholine rings is 1. The summed E-state index contributed by atoms with van der Waals surface area (Å²) in [5, 5.41) is 0.423. The number of nitrogens with zero attached hydrogens (tertiary/aromatic N) is 5. The Balaban J connectivity index is 1.34. The molecule has 2 amide bonds. The lowest BCUT2D eigenvalue weighted by Gasteiger charge is -2.41. The zero-order valence-corrected chi connectivity index (χ0v) is 21.7. The van der Waals surface area contributed by atoms with E-state index in [2.05, 4.69) is 48.0 Å². The molecule has 0 radical (unpaired) electrons. The Morgan fingerprint density at radius 1 is 1.06 bits per heavy atom. The molecule has 5 rings (SSSR count). The van der Waals surface area contributed by atoms with Gasteiger partial charge in [0.15, 0.2) is 0 Å². The number of ether oxygens (including phenoxy) is 1. The highest BCUT2D eigenvalue weighted by atomic mass is 32.1. The van der Waals surface area contributed by atoms with E-state index in [1.165, 1.54) is 27.8 Å². The third-order valence-corrected chi connectivity index (χ3v) is 8.25. The maximum atomic E-state index is 13.5. The van der Waals surface area contributed by atoms with Crippen LogP contribution in [0.5, 0.6) is 0 Å². The van der Waals surface area contributed by atoms with Crippen molar-refractivity contribution in [2.75, 3.05) is 50.8 Å². The number of carbonyl (C=O) groups excluding carboxylic acids is 2. The molecular weight excluding hydrogens is 478 g/mol. The summed E-state index contributed by atoms with van der Waals surface area (Å²) in [6.07, 6.45) is 1.41. The molecule has 2 fully saturated rings. The normalized spacial score (nSPS) is 18.6. The molecule has 0 N–H and O–H groups in total. The van der Waals surface area contributed by atoms with Crippen molar-refractivity contribution >= 4 is 39.1 Å². The van der Waals surface area contributed by atoms with Gasteiger partial charge >= 0.3 is 0 Å². The lowest BCUT2D eigenvalue weighted by molar-refractivity contribution is -0.135. The molecule has 2 aromatic heterocycles. The number of benzene rings is 1. The van der Waals surface area contributed by atoms with Gasteiger partial charge in [0.25, 0.3) is 11.5 Å². The second kappa shape index (κ2) is 10.0. The summed E-state index contributed by atoms with van der Waals surface area (Å²) in [6, 6.07) is 8.63. The van der Waals surface area contributed by atoms with E-state index in [-0.39, 0.29) is 30.0 Å². The standard InChI is InChI=1S/C26H31N5O4S/c1-17-4-6-20(7-5-17)31-9-8-29(14-18(31)2)26(34)23-19(3)22-24(36-23)27-16-30(25(22)33)15-21(32)28-10-12-35-13-11-28/h4-7,16,18H,8-15H2,1-3H3/t18-/m0/s1. The van der Waals surface area contributed by atoms with Gasteiger partial charge in [0.05, 0.1) is 29.8 Å². The number of fused-ring (bicyclic) bond motifs is 1. The number of anilines is 1. The number of carbonyl (C=O) groups is 2. The van der Waals surface area contributed by atoms with E-state index in [9.17, 15) is 14.4 Å². The van der Waals surface area contributed by atoms with Crippen LogP contribution in [-0.2, 0) is 16.1 Å². The monoisotopic (exact) mass is 509 g/mol. The molecule has 2 saturated heterocycles. The van der Waals surface area contributed by atoms with E-state index in [0.717, 1.165) is 12.2 Å². The molecule has 36 heavy (non-hydrogen) atoms. The van der Waals surface area contributed by atoms with Crippen molar-refractivity contribution in [1.29, 1.82) is 0 Å². The van der Waals surface area contributed by atoms with Gasteiger partial charge in [0.2, 0.25) is 5.91 Å². The van der Waals surface area contributed by atoms with Crippen molar-refractivity contribution in [2.45, 2.75) is 33.4 Å². The van der Waals surface area contributed by atoms with Crippen molar-refractivity contribution in [2.24, 2.45) is 0 Å². The first-order chi connectivity index (χ1) is 17.3. The molecular formula is C26H31N5O4S. The zero-order valence-electron chi connectivity index (χ0n) is 20.9. The highest BCUT2D eigenvalue weighted by Crippen LogP contribution is 2.29. The van der Waals surface area contributed by atoms with Crippen molar-refractivity contribution < 1.29 is 14.3 Å². The van der Waals surface area contributed by atoms with Crippen molar-refractivity contribution in [3.63, 3.8) is 0 Å². The van der Waals surface area contributed by atoms with E-state index in [4.69, 9.17) is 4.74 Å². The van der Waals surface area contributed by atoms with Crippen LogP contribution < -0.4 is 10.5 Å². The summed E-state index contributed by atoms with van der Waals surface area (Å²) in [4.78, 5) is 50.8. The smallest absolute Gasteiger partial charge is 0.264 e. The number of amides is 2. The molecule has 2 aliphatic heterocycles. The molecule has 4 heterocycles. The molecule has 3 aromatic rings. The first kappa shape index (κ1) is 24.5. The minimum absolute atomic E-state index is 0.0683. The maximum absolute atomic E-state index is 13.5. The Morgan fingerprint density at radius 3 is 2.47 bits per heavy atom. The van der Waals surface area contributed by atoms with Crippen molar-refractivity contribution in [3.8, 4) is 0 Å². The Hall–Kier alpha value is -3.24. The highest BCUT2D eigenvalue weighted by Gasteiger charge is 2.30. The first-order valence-corrected chi connectivity index (χ1v) is 13.1. The molecule has 0 bridgehead atoms. The van der Waals surface area contributed by atoms with Gasteiger partial charge in [0, 0.05) is 44.5 Å². The minimum Gasteiger partial charge on any atom is -0.378 e. The van der Waals surface area contributed by atoms with E-state index < -0.39 is 0 Å². The molecule has 1 atom stereocenters. The van der Waals surface area contributed by atoms with Gasteiger partial charge in [-0.1, -0.05) is 17.7 Å². The molecule has 0 aliphatic carbocycles. The number of aryl methyl sites for hydroxylation is 2. The van der Waals surface area contributed by atoms with Gasteiger partial charge in [0.1, 0.15) is 11.4 Å². The number of rotatable bonds is 4. The third kappa shape index (κ3) is 4.62. The van der Waals surface area contributed by atoms with E-state index >= 15 is 0 Å². The molecule has 9 nitrogen and oxygen atoms in total. The van der Waals surface area contributed by atoms with Crippen LogP contribution in [0.2, 0.25) is 0 Å². The predicted molar refractivity (Wildman–Crippen MR) is 140 cm³/mol. The molecule has 1 aromatic carbocycles. The van der Waals surface area contributed by atoms with Crippen molar-refractivity contribution in [3.05, 3.63) is 57.0 Å². The fraction of sp³-hybridized carbons (Fsp3) is 0.462. The summed E-state index contributed by atoms with van der Waals surface area (Å²) < 4.78 is 6.64. The van der Waals surface area contributed by atoms with Crippen LogP contribution >= 0.6 is 11.3 Å². The lowest BCUT2D eigenvalue weighted by Crippen LogP contribution is -2.53. The average molecular weight is 510 g/mol. The Morgan fingerprint density at radius 2 is 1.78 bits per heavy atom. The zero-order chi connectivity index (χ0) is 25.4. The van der Waals surface area contributed by atoms with E-state index in [1.54, 1.807) is 11.8 Å². The number of thiophene rings is 1. The van der Waals surface area contributed by atoms with Crippen LogP contribution in [0.3, 0.4) is 0 Å². The fourth-order valence-corrected chi connectivity index (χ4v) is 6.05. The number of hydrogen-bond acceptors (Lipinski definition) is 7. The lowest BCUT2D eigenvalue weighted by atomic mass is 10.1. The van der Waals surface area contributed by atoms with Gasteiger partial charge in [-0.25, -0.2) is 4.98 Å². The number of hydrogen-bond donors (Lipinski definition) is 0. The minimum atomic E-state index is -0.285. The summed E-state index contributed by atoms with van der Waals surface area (Å²) >= 11 is 1.25. The summed E-state index contributed by atoms with van der Waals surface area (Å²) in [7, 11) is 0. The Bertz CT molecular complexity index is 1340. The van der Waals surface area contributed by atoms with Gasteiger partial charge in [-0.05, 0) is 38.5 Å². The SMILES string of the molecule is Cc1ccc(N2CCN(C(=O)c3sc4ncn(CC(=O)N5CCOCC5)c(=O)c4c3C)C[C@@H]2C)cc1. The first-order valence-electron chi connectivity index (χ1n) is 12.3. The molecule has 190 valence electrons. The molecule has 0 saturated carbocycles. The topological polar surface area (TPSA) is 88.0 Å². The van der Waals surface area contributed by atoms with Gasteiger partial charge in [-0.3, -0.25) is 19.0 Å². The number of aromatic nitrogens is 2. The quantitative estimate of drug-likeness (QED) is 0.536. The molecule has 0 spiro atoms. The van der Waals surface area contributed by atoms with Gasteiger partial charge in [-0.2, -0.15) is 0 Å². The van der Waals surface area contributed by atoms with Gasteiger partial charge < -0.3 is 19.4 Å². The van der Waals surface area contributed by atoms with Crippen LogP contribution in [0.1, 0.15) is 27.7 Å². The molecule has 10 heteroatoms.